The molecule has 2 amide bonds. The SMILES string of the molecule is CC(C)(C)OC(=O)N(C[C@H](CCO)n1c(C#N)cc(Cl)c1Br)C(=O)OCc1ccccc1. The number of amides is 2. The Morgan fingerprint density at radius 3 is 2.50 bits per heavy atom. The Labute approximate surface area is 200 Å². The Morgan fingerprint density at radius 1 is 1.28 bits per heavy atom. The molecule has 2 rings (SSSR count). The number of halogens is 2. The fraction of sp³-hybridized carbons (Fsp3) is 0.409. The molecule has 8 nitrogen and oxygen atoms in total. The van der Waals surface area contributed by atoms with Crippen LogP contribution < -0.4 is 0 Å². The lowest BCUT2D eigenvalue weighted by molar-refractivity contribution is 0.0175. The van der Waals surface area contributed by atoms with E-state index in [0.717, 1.165) is 10.5 Å². The highest BCUT2D eigenvalue weighted by Gasteiger charge is 2.32. The fourth-order valence-corrected chi connectivity index (χ4v) is 3.70. The molecule has 0 spiro atoms. The maximum Gasteiger partial charge on any atom is 0.419 e. The second kappa shape index (κ2) is 11.4. The molecule has 10 heteroatoms. The minimum absolute atomic E-state index is 0.0356. The first-order chi connectivity index (χ1) is 15.1. The number of aliphatic hydroxyl groups excluding tert-OH is 1. The van der Waals surface area contributed by atoms with Gasteiger partial charge in [-0.3, -0.25) is 0 Å². The van der Waals surface area contributed by atoms with Crippen molar-refractivity contribution in [2.45, 2.75) is 45.4 Å². The summed E-state index contributed by atoms with van der Waals surface area (Å²) in [6, 6.07) is 11.9. The molecule has 0 bridgehead atoms. The van der Waals surface area contributed by atoms with E-state index in [9.17, 15) is 20.0 Å². The molecule has 0 aliphatic heterocycles. The molecule has 0 saturated heterocycles. The van der Waals surface area contributed by atoms with Crippen molar-refractivity contribution >= 4 is 39.7 Å². The summed E-state index contributed by atoms with van der Waals surface area (Å²) in [7, 11) is 0. The van der Waals surface area contributed by atoms with Gasteiger partial charge in [0.2, 0.25) is 0 Å². The van der Waals surface area contributed by atoms with Crippen LogP contribution in [0.3, 0.4) is 0 Å². The molecule has 1 atom stereocenters. The predicted octanol–water partition coefficient (Wildman–Crippen LogP) is 5.27. The van der Waals surface area contributed by atoms with Crippen LogP contribution in [-0.4, -0.2) is 45.5 Å². The standard InChI is InChI=1S/C22H25BrClN3O5/c1-22(2,3)32-21(30)26(20(29)31-14-15-7-5-4-6-8-15)13-16(9-10-28)27-17(12-25)11-18(24)19(27)23/h4-8,11,16,28H,9-10,13-14H2,1-3H3/t16-/m0/s1. The van der Waals surface area contributed by atoms with Gasteiger partial charge in [-0.15, -0.1) is 0 Å². The lowest BCUT2D eigenvalue weighted by Crippen LogP contribution is -2.44. The van der Waals surface area contributed by atoms with Gasteiger partial charge < -0.3 is 19.1 Å². The van der Waals surface area contributed by atoms with Crippen LogP contribution in [0.2, 0.25) is 5.02 Å². The van der Waals surface area contributed by atoms with Gasteiger partial charge in [0.25, 0.3) is 0 Å². The van der Waals surface area contributed by atoms with Crippen LogP contribution >= 0.6 is 27.5 Å². The number of imide groups is 1. The van der Waals surface area contributed by atoms with Crippen molar-refractivity contribution in [3.8, 4) is 6.07 Å². The minimum atomic E-state index is -0.904. The molecule has 0 fully saturated rings. The van der Waals surface area contributed by atoms with E-state index in [0.29, 0.717) is 9.63 Å². The molecule has 1 heterocycles. The molecular weight excluding hydrogens is 502 g/mol. The summed E-state index contributed by atoms with van der Waals surface area (Å²) in [6.45, 7) is 4.55. The molecule has 1 aromatic heterocycles. The summed E-state index contributed by atoms with van der Waals surface area (Å²) >= 11 is 9.48. The van der Waals surface area contributed by atoms with Gasteiger partial charge in [0.15, 0.2) is 0 Å². The molecule has 1 N–H and O–H groups in total. The molecule has 0 aliphatic rings. The molecule has 32 heavy (non-hydrogen) atoms. The highest BCUT2D eigenvalue weighted by molar-refractivity contribution is 9.10. The van der Waals surface area contributed by atoms with Gasteiger partial charge in [-0.05, 0) is 54.8 Å². The molecule has 0 saturated carbocycles. The topological polar surface area (TPSA) is 105 Å². The van der Waals surface area contributed by atoms with Gasteiger partial charge >= 0.3 is 12.2 Å². The lowest BCUT2D eigenvalue weighted by atomic mass is 10.2. The van der Waals surface area contributed by atoms with Gasteiger partial charge in [-0.1, -0.05) is 41.9 Å². The van der Waals surface area contributed by atoms with Crippen molar-refractivity contribution in [2.24, 2.45) is 0 Å². The number of aromatic nitrogens is 1. The summed E-state index contributed by atoms with van der Waals surface area (Å²) < 4.78 is 12.7. The summed E-state index contributed by atoms with van der Waals surface area (Å²) in [6.07, 6.45) is -1.66. The first-order valence-electron chi connectivity index (χ1n) is 9.85. The molecular formula is C22H25BrClN3O5. The first kappa shape index (κ1) is 25.7. The summed E-state index contributed by atoms with van der Waals surface area (Å²) in [5.41, 5.74) is 0.113. The van der Waals surface area contributed by atoms with Crippen molar-refractivity contribution in [3.63, 3.8) is 0 Å². The number of nitriles is 1. The van der Waals surface area contributed by atoms with E-state index >= 15 is 0 Å². The Morgan fingerprint density at radius 2 is 1.94 bits per heavy atom. The van der Waals surface area contributed by atoms with E-state index in [2.05, 4.69) is 15.9 Å². The molecule has 0 radical (unpaired) electrons. The second-order valence-electron chi connectivity index (χ2n) is 7.95. The van der Waals surface area contributed by atoms with Crippen LogP contribution in [0.15, 0.2) is 41.0 Å². The van der Waals surface area contributed by atoms with Gasteiger partial charge in [0, 0.05) is 6.61 Å². The zero-order chi connectivity index (χ0) is 23.9. The third kappa shape index (κ3) is 6.99. The quantitative estimate of drug-likeness (QED) is 0.527. The van der Waals surface area contributed by atoms with Crippen molar-refractivity contribution in [3.05, 3.63) is 57.3 Å². The third-order valence-corrected chi connectivity index (χ3v) is 5.63. The van der Waals surface area contributed by atoms with E-state index in [-0.39, 0.29) is 31.9 Å². The Bertz CT molecular complexity index is 982. The number of benzene rings is 1. The van der Waals surface area contributed by atoms with Gasteiger partial charge in [0.05, 0.1) is 17.6 Å². The average molecular weight is 527 g/mol. The smallest absolute Gasteiger partial charge is 0.419 e. The van der Waals surface area contributed by atoms with Crippen molar-refractivity contribution in [2.75, 3.05) is 13.2 Å². The van der Waals surface area contributed by atoms with E-state index < -0.39 is 23.8 Å². The van der Waals surface area contributed by atoms with Crippen LogP contribution in [-0.2, 0) is 16.1 Å². The van der Waals surface area contributed by atoms with Gasteiger partial charge in [0.1, 0.15) is 28.6 Å². The van der Waals surface area contributed by atoms with Crippen LogP contribution in [0.5, 0.6) is 0 Å². The lowest BCUT2D eigenvalue weighted by Gasteiger charge is -2.29. The van der Waals surface area contributed by atoms with Gasteiger partial charge in [-0.2, -0.15) is 5.26 Å². The van der Waals surface area contributed by atoms with Crippen molar-refractivity contribution in [1.82, 2.24) is 9.47 Å². The van der Waals surface area contributed by atoms with Crippen LogP contribution in [0.4, 0.5) is 9.59 Å². The minimum Gasteiger partial charge on any atom is -0.444 e. The van der Waals surface area contributed by atoms with E-state index in [1.807, 2.05) is 24.3 Å². The maximum atomic E-state index is 12.9. The molecule has 2 aromatic rings. The molecule has 0 aliphatic carbocycles. The number of carbonyl (C=O) groups excluding carboxylic acids is 2. The van der Waals surface area contributed by atoms with Crippen molar-refractivity contribution < 1.29 is 24.2 Å². The largest absolute Gasteiger partial charge is 0.444 e. The first-order valence-corrected chi connectivity index (χ1v) is 11.0. The van der Waals surface area contributed by atoms with Crippen LogP contribution in [0.25, 0.3) is 0 Å². The van der Waals surface area contributed by atoms with Crippen LogP contribution in [0.1, 0.15) is 44.5 Å². The Kier molecular flexibility index (Phi) is 9.13. The molecule has 1 aromatic carbocycles. The molecule has 172 valence electrons. The monoisotopic (exact) mass is 525 g/mol. The highest BCUT2D eigenvalue weighted by atomic mass is 79.9. The van der Waals surface area contributed by atoms with Gasteiger partial charge in [-0.25, -0.2) is 14.5 Å². The Balaban J connectivity index is 2.33. The zero-order valence-electron chi connectivity index (χ0n) is 18.0. The Hall–Kier alpha value is -2.54. The number of ether oxygens (including phenoxy) is 2. The number of hydrogen-bond donors (Lipinski definition) is 1. The number of aliphatic hydroxyl groups is 1. The van der Waals surface area contributed by atoms with E-state index in [1.54, 1.807) is 32.9 Å². The predicted molar refractivity (Wildman–Crippen MR) is 122 cm³/mol. The maximum absolute atomic E-state index is 12.9. The number of hydrogen-bond acceptors (Lipinski definition) is 6. The molecule has 0 unspecified atom stereocenters. The summed E-state index contributed by atoms with van der Waals surface area (Å²) in [5.74, 6) is 0. The van der Waals surface area contributed by atoms with Crippen LogP contribution in [0, 0.1) is 11.3 Å². The summed E-state index contributed by atoms with van der Waals surface area (Å²) in [5, 5.41) is 19.4. The number of carbonyl (C=O) groups is 2. The average Bonchev–Trinajstić information content (AvgIpc) is 3.02. The fourth-order valence-electron chi connectivity index (χ4n) is 2.91. The normalized spacial score (nSPS) is 12.0. The highest BCUT2D eigenvalue weighted by Crippen LogP contribution is 2.32. The number of nitrogens with zero attached hydrogens (tertiary/aromatic N) is 3. The van der Waals surface area contributed by atoms with E-state index in [1.165, 1.54) is 10.6 Å². The van der Waals surface area contributed by atoms with Crippen molar-refractivity contribution in [1.29, 1.82) is 5.26 Å². The summed E-state index contributed by atoms with van der Waals surface area (Å²) in [4.78, 5) is 26.6. The van der Waals surface area contributed by atoms with E-state index in [4.69, 9.17) is 21.1 Å². The zero-order valence-corrected chi connectivity index (χ0v) is 20.4. The number of rotatable bonds is 7. The second-order valence-corrected chi connectivity index (χ2v) is 9.11. The third-order valence-electron chi connectivity index (χ3n) is 4.31.